The third-order valence-corrected chi connectivity index (χ3v) is 6.82. The Balaban J connectivity index is 1.63. The number of hydrogen-bond donors (Lipinski definition) is 2. The third-order valence-electron chi connectivity index (χ3n) is 5.59. The van der Waals surface area contributed by atoms with Crippen LogP contribution in [0.5, 0.6) is 0 Å². The minimum absolute atomic E-state index is 0.0646. The van der Waals surface area contributed by atoms with Gasteiger partial charge in [0.25, 0.3) is 5.56 Å². The van der Waals surface area contributed by atoms with Gasteiger partial charge in [-0.05, 0) is 73.1 Å². The molecule has 0 spiro atoms. The molecule has 4 rings (SSSR count). The molecule has 4 aromatic rings. The minimum Gasteiger partial charge on any atom is -0.356 e. The first-order valence-corrected chi connectivity index (χ1v) is 12.0. The molecule has 0 bridgehead atoms. The van der Waals surface area contributed by atoms with Gasteiger partial charge in [0.2, 0.25) is 0 Å². The first-order valence-electron chi connectivity index (χ1n) is 10.7. The lowest BCUT2D eigenvalue weighted by Gasteiger charge is -2.28. The first-order chi connectivity index (χ1) is 15.4. The van der Waals surface area contributed by atoms with Crippen LogP contribution in [0.25, 0.3) is 10.9 Å². The first kappa shape index (κ1) is 22.2. The van der Waals surface area contributed by atoms with E-state index in [-0.39, 0.29) is 11.6 Å². The molecule has 0 aliphatic heterocycles. The number of thiocarbonyl (C=S) groups is 1. The number of aromatic nitrogens is 1. The van der Waals surface area contributed by atoms with Crippen LogP contribution in [0.4, 0.5) is 0 Å². The highest BCUT2D eigenvalue weighted by atomic mass is 32.1. The van der Waals surface area contributed by atoms with Crippen LogP contribution >= 0.6 is 23.6 Å². The van der Waals surface area contributed by atoms with Crippen LogP contribution in [0.3, 0.4) is 0 Å². The predicted octanol–water partition coefficient (Wildman–Crippen LogP) is 5.84. The monoisotopic (exact) mass is 461 g/mol. The lowest BCUT2D eigenvalue weighted by atomic mass is 10.1. The van der Waals surface area contributed by atoms with Gasteiger partial charge in [-0.2, -0.15) is 0 Å². The fourth-order valence-electron chi connectivity index (χ4n) is 3.95. The van der Waals surface area contributed by atoms with Gasteiger partial charge in [0, 0.05) is 10.4 Å². The highest BCUT2D eigenvalue weighted by Gasteiger charge is 2.17. The fraction of sp³-hybridized carbons (Fsp3) is 0.231. The van der Waals surface area contributed by atoms with Crippen molar-refractivity contribution in [3.63, 3.8) is 0 Å². The summed E-state index contributed by atoms with van der Waals surface area (Å²) in [6.07, 6.45) is 0. The maximum absolute atomic E-state index is 12.9. The number of pyridine rings is 1. The highest BCUT2D eigenvalue weighted by Crippen LogP contribution is 2.20. The molecule has 0 aliphatic carbocycles. The number of hydrogen-bond acceptors (Lipinski definition) is 3. The molecule has 0 saturated heterocycles. The molecule has 0 fully saturated rings. The molecular weight excluding hydrogens is 434 g/mol. The third kappa shape index (κ3) is 5.09. The SMILES string of the molecule is Cc1cc(C)c2[nH]c(=O)c(CN(Cc3cccs3)C(=S)N[C@H](C)c3ccccc3)cc2c1. The molecule has 1 atom stereocenters. The summed E-state index contributed by atoms with van der Waals surface area (Å²) in [6, 6.07) is 20.6. The Morgan fingerprint density at radius 2 is 1.88 bits per heavy atom. The van der Waals surface area contributed by atoms with Gasteiger partial charge in [0.15, 0.2) is 5.11 Å². The number of fused-ring (bicyclic) bond motifs is 1. The summed E-state index contributed by atoms with van der Waals surface area (Å²) in [5.41, 5.74) is 4.95. The van der Waals surface area contributed by atoms with Crippen LogP contribution in [-0.2, 0) is 13.1 Å². The smallest absolute Gasteiger partial charge is 0.253 e. The maximum atomic E-state index is 12.9. The van der Waals surface area contributed by atoms with E-state index >= 15 is 0 Å². The summed E-state index contributed by atoms with van der Waals surface area (Å²) in [6.45, 7) is 7.28. The Hall–Kier alpha value is -2.96. The summed E-state index contributed by atoms with van der Waals surface area (Å²) in [5, 5.41) is 7.19. The van der Waals surface area contributed by atoms with Crippen molar-refractivity contribution in [2.75, 3.05) is 0 Å². The van der Waals surface area contributed by atoms with Crippen LogP contribution in [0.15, 0.2) is 70.8 Å². The molecule has 0 saturated carbocycles. The van der Waals surface area contributed by atoms with E-state index in [9.17, 15) is 4.79 Å². The Morgan fingerprint density at radius 1 is 1.09 bits per heavy atom. The Bertz CT molecular complexity index is 1280. The molecule has 0 aliphatic rings. The van der Waals surface area contributed by atoms with Crippen molar-refractivity contribution in [2.45, 2.75) is 39.9 Å². The number of nitrogens with zero attached hydrogens (tertiary/aromatic N) is 1. The van der Waals surface area contributed by atoms with Crippen LogP contribution < -0.4 is 10.9 Å². The van der Waals surface area contributed by atoms with Crippen LogP contribution in [0.1, 0.15) is 40.1 Å². The zero-order valence-corrected chi connectivity index (χ0v) is 20.1. The zero-order valence-electron chi connectivity index (χ0n) is 18.5. The normalized spacial score (nSPS) is 12.0. The molecule has 2 N–H and O–H groups in total. The molecule has 0 radical (unpaired) electrons. The van der Waals surface area contributed by atoms with Crippen LogP contribution in [-0.4, -0.2) is 15.0 Å². The van der Waals surface area contributed by atoms with Crippen LogP contribution in [0.2, 0.25) is 0 Å². The van der Waals surface area contributed by atoms with Gasteiger partial charge in [-0.3, -0.25) is 4.79 Å². The van der Waals surface area contributed by atoms with Crippen LogP contribution in [0, 0.1) is 13.8 Å². The highest BCUT2D eigenvalue weighted by molar-refractivity contribution is 7.80. The van der Waals surface area contributed by atoms with Gasteiger partial charge in [-0.15, -0.1) is 11.3 Å². The van der Waals surface area contributed by atoms with E-state index in [1.165, 1.54) is 16.0 Å². The average Bonchev–Trinajstić information content (AvgIpc) is 3.28. The summed E-state index contributed by atoms with van der Waals surface area (Å²) >= 11 is 7.50. The van der Waals surface area contributed by atoms with Gasteiger partial charge < -0.3 is 15.2 Å². The maximum Gasteiger partial charge on any atom is 0.253 e. The second kappa shape index (κ2) is 9.67. The van der Waals surface area contributed by atoms with Crippen molar-refractivity contribution < 1.29 is 0 Å². The molecule has 164 valence electrons. The van der Waals surface area contributed by atoms with Crippen molar-refractivity contribution in [2.24, 2.45) is 0 Å². The number of aryl methyl sites for hydroxylation is 2. The molecule has 6 heteroatoms. The van der Waals surface area contributed by atoms with Crippen molar-refractivity contribution in [1.82, 2.24) is 15.2 Å². The molecule has 32 heavy (non-hydrogen) atoms. The molecule has 0 amide bonds. The van der Waals surface area contributed by atoms with Gasteiger partial charge in [0.05, 0.1) is 24.6 Å². The predicted molar refractivity (Wildman–Crippen MR) is 138 cm³/mol. The summed E-state index contributed by atoms with van der Waals surface area (Å²) in [5.74, 6) is 0. The standard InChI is InChI=1S/C26H27N3OS2/c1-17-12-18(2)24-21(13-17)14-22(25(30)28-24)15-29(16-23-10-7-11-32-23)26(31)27-19(3)20-8-5-4-6-9-20/h4-14,19H,15-16H2,1-3H3,(H,27,31)(H,28,30)/t19-/m1/s1. The van der Waals surface area contributed by atoms with Gasteiger partial charge >= 0.3 is 0 Å². The molecule has 4 nitrogen and oxygen atoms in total. The second-order valence-corrected chi connectivity index (χ2v) is 9.61. The van der Waals surface area contributed by atoms with Gasteiger partial charge in [-0.25, -0.2) is 0 Å². The lowest BCUT2D eigenvalue weighted by molar-refractivity contribution is 0.395. The molecule has 2 aromatic heterocycles. The lowest BCUT2D eigenvalue weighted by Crippen LogP contribution is -2.40. The van der Waals surface area contributed by atoms with E-state index in [4.69, 9.17) is 12.2 Å². The Labute approximate surface area is 197 Å². The second-order valence-electron chi connectivity index (χ2n) is 8.19. The summed E-state index contributed by atoms with van der Waals surface area (Å²) in [4.78, 5) is 19.3. The van der Waals surface area contributed by atoms with Crippen molar-refractivity contribution in [3.05, 3.63) is 104 Å². The molecule has 2 aromatic carbocycles. The van der Waals surface area contributed by atoms with Gasteiger partial charge in [0.1, 0.15) is 0 Å². The number of benzene rings is 2. The average molecular weight is 462 g/mol. The number of thiophene rings is 1. The van der Waals surface area contributed by atoms with E-state index in [1.54, 1.807) is 11.3 Å². The van der Waals surface area contributed by atoms with E-state index in [0.717, 1.165) is 16.5 Å². The van der Waals surface area contributed by atoms with E-state index in [0.29, 0.717) is 23.8 Å². The molecule has 0 unspecified atom stereocenters. The van der Waals surface area contributed by atoms with E-state index in [1.807, 2.05) is 37.3 Å². The quantitative estimate of drug-likeness (QED) is 0.354. The number of rotatable bonds is 6. The van der Waals surface area contributed by atoms with E-state index in [2.05, 4.69) is 64.8 Å². The molecule has 2 heterocycles. The molecular formula is C26H27N3OS2. The summed E-state index contributed by atoms with van der Waals surface area (Å²) < 4.78 is 0. The number of H-pyrrole nitrogens is 1. The van der Waals surface area contributed by atoms with Crippen molar-refractivity contribution >= 4 is 39.6 Å². The fourth-order valence-corrected chi connectivity index (χ4v) is 4.97. The number of aromatic amines is 1. The Morgan fingerprint density at radius 3 is 2.59 bits per heavy atom. The number of nitrogens with one attached hydrogen (secondary N) is 2. The summed E-state index contributed by atoms with van der Waals surface area (Å²) in [7, 11) is 0. The Kier molecular flexibility index (Phi) is 6.72. The minimum atomic E-state index is -0.0699. The van der Waals surface area contributed by atoms with E-state index < -0.39 is 0 Å². The van der Waals surface area contributed by atoms with Crippen molar-refractivity contribution in [3.8, 4) is 0 Å². The zero-order chi connectivity index (χ0) is 22.7. The largest absolute Gasteiger partial charge is 0.356 e. The van der Waals surface area contributed by atoms with Gasteiger partial charge in [-0.1, -0.05) is 48.0 Å². The topological polar surface area (TPSA) is 48.1 Å². The van der Waals surface area contributed by atoms with Crippen molar-refractivity contribution in [1.29, 1.82) is 0 Å².